The first-order chi connectivity index (χ1) is 22.6. The van der Waals surface area contributed by atoms with E-state index in [1.807, 2.05) is 0 Å². The Bertz CT molecular complexity index is 1160. The van der Waals surface area contributed by atoms with E-state index in [1.54, 1.807) is 0 Å². The summed E-state index contributed by atoms with van der Waals surface area (Å²) in [4.78, 5) is 12.6. The Morgan fingerprint density at radius 2 is 1.52 bits per heavy atom. The van der Waals surface area contributed by atoms with Crippen LogP contribution in [0.3, 0.4) is 0 Å². The summed E-state index contributed by atoms with van der Waals surface area (Å²) in [6.45, 7) is 0.651. The molecule has 2 aromatic rings. The summed E-state index contributed by atoms with van der Waals surface area (Å²) < 4.78 is 0. The van der Waals surface area contributed by atoms with E-state index in [9.17, 15) is 9.90 Å². The first-order valence-electron chi connectivity index (χ1n) is 19.3. The topological polar surface area (TPSA) is 63.3 Å². The van der Waals surface area contributed by atoms with Crippen LogP contribution in [0.2, 0.25) is 0 Å². The molecular formula is C43H63NO2. The van der Waals surface area contributed by atoms with E-state index in [2.05, 4.69) is 72.8 Å². The van der Waals surface area contributed by atoms with Crippen LogP contribution in [-0.4, -0.2) is 17.6 Å². The maximum Gasteiger partial charge on any atom is 0.303 e. The van der Waals surface area contributed by atoms with Gasteiger partial charge < -0.3 is 10.8 Å². The third-order valence-corrected chi connectivity index (χ3v) is 12.7. The fourth-order valence-corrected chi connectivity index (χ4v) is 10.4. The van der Waals surface area contributed by atoms with Gasteiger partial charge in [-0.05, 0) is 129 Å². The SMILES string of the molecule is NCCC1C(CC(CC=CCCC2CCCCC2)CCc2ccccc2)CCC(C2(c3ccccc3)CCCCC2)C1CC(=O)O. The van der Waals surface area contributed by atoms with Gasteiger partial charge in [0.25, 0.3) is 0 Å². The van der Waals surface area contributed by atoms with E-state index in [4.69, 9.17) is 5.73 Å². The van der Waals surface area contributed by atoms with Gasteiger partial charge in [-0.1, -0.05) is 124 Å². The van der Waals surface area contributed by atoms with Gasteiger partial charge in [-0.25, -0.2) is 0 Å². The van der Waals surface area contributed by atoms with Gasteiger partial charge in [0.2, 0.25) is 0 Å². The quantitative estimate of drug-likeness (QED) is 0.182. The number of allylic oxidation sites excluding steroid dienone is 2. The minimum atomic E-state index is -0.627. The molecule has 3 saturated carbocycles. The predicted octanol–water partition coefficient (Wildman–Crippen LogP) is 10.9. The molecule has 3 N–H and O–H groups in total. The van der Waals surface area contributed by atoms with E-state index in [-0.39, 0.29) is 17.8 Å². The van der Waals surface area contributed by atoms with Gasteiger partial charge in [-0.2, -0.15) is 0 Å². The second-order valence-corrected chi connectivity index (χ2v) is 15.4. The molecule has 0 bridgehead atoms. The minimum Gasteiger partial charge on any atom is -0.481 e. The molecule has 3 fully saturated rings. The molecule has 3 aliphatic carbocycles. The number of aliphatic carboxylic acids is 1. The highest BCUT2D eigenvalue weighted by molar-refractivity contribution is 5.67. The Morgan fingerprint density at radius 1 is 0.826 bits per heavy atom. The van der Waals surface area contributed by atoms with Gasteiger partial charge >= 0.3 is 5.97 Å². The zero-order valence-electron chi connectivity index (χ0n) is 28.7. The molecular weight excluding hydrogens is 562 g/mol. The maximum absolute atomic E-state index is 12.6. The van der Waals surface area contributed by atoms with Gasteiger partial charge in [0.15, 0.2) is 0 Å². The van der Waals surface area contributed by atoms with Gasteiger partial charge in [0.1, 0.15) is 0 Å². The molecule has 0 aromatic heterocycles. The van der Waals surface area contributed by atoms with Gasteiger partial charge in [0, 0.05) is 6.42 Å². The largest absolute Gasteiger partial charge is 0.481 e. The summed E-state index contributed by atoms with van der Waals surface area (Å²) in [6.07, 6.45) is 29.2. The van der Waals surface area contributed by atoms with Crippen LogP contribution in [-0.2, 0) is 16.6 Å². The Morgan fingerprint density at radius 3 is 2.22 bits per heavy atom. The van der Waals surface area contributed by atoms with Gasteiger partial charge in [0.05, 0.1) is 0 Å². The van der Waals surface area contributed by atoms with Crippen molar-refractivity contribution in [1.82, 2.24) is 0 Å². The van der Waals surface area contributed by atoms with Crippen molar-refractivity contribution in [2.24, 2.45) is 41.2 Å². The highest BCUT2D eigenvalue weighted by Crippen LogP contribution is 2.56. The first-order valence-corrected chi connectivity index (χ1v) is 19.3. The standard InChI is InChI=1S/C43H63NO2/c44-31-28-39-37(26-27-41(40(39)33-42(45)46)43(29-14-5-15-30-43)38-22-12-4-13-23-38)32-36(25-24-35-19-9-2-10-20-35)21-11-3-8-18-34-16-6-1-7-17-34/h2-4,9-13,19-20,22-23,34,36-37,39-41H,1,5-8,14-18,21,24-33,44H2,(H,45,46). The van der Waals surface area contributed by atoms with Crippen molar-refractivity contribution < 1.29 is 9.90 Å². The number of carbonyl (C=O) groups is 1. The molecule has 252 valence electrons. The summed E-state index contributed by atoms with van der Waals surface area (Å²) >= 11 is 0. The predicted molar refractivity (Wildman–Crippen MR) is 193 cm³/mol. The average Bonchev–Trinajstić information content (AvgIpc) is 3.09. The zero-order chi connectivity index (χ0) is 32.0. The first kappa shape index (κ1) is 34.9. The number of carboxylic acids is 1. The Hall–Kier alpha value is -2.39. The number of benzene rings is 2. The van der Waals surface area contributed by atoms with Crippen molar-refractivity contribution in [2.75, 3.05) is 6.54 Å². The molecule has 0 aliphatic heterocycles. The molecule has 2 aromatic carbocycles. The molecule has 0 heterocycles. The number of carboxylic acid groups (broad SMARTS) is 1. The molecule has 3 aliphatic rings. The van der Waals surface area contributed by atoms with Crippen LogP contribution in [0.4, 0.5) is 0 Å². The summed E-state index contributed by atoms with van der Waals surface area (Å²) in [6, 6.07) is 22.2. The van der Waals surface area contributed by atoms with Gasteiger partial charge in [-0.15, -0.1) is 0 Å². The van der Waals surface area contributed by atoms with Crippen molar-refractivity contribution in [3.63, 3.8) is 0 Å². The summed E-state index contributed by atoms with van der Waals surface area (Å²) in [5.41, 5.74) is 9.36. The lowest BCUT2D eigenvalue weighted by molar-refractivity contribution is -0.141. The highest BCUT2D eigenvalue weighted by atomic mass is 16.4. The van der Waals surface area contributed by atoms with E-state index < -0.39 is 5.97 Å². The average molecular weight is 626 g/mol. The fraction of sp³-hybridized carbons (Fsp3) is 0.651. The van der Waals surface area contributed by atoms with Crippen LogP contribution in [0.15, 0.2) is 72.8 Å². The molecule has 5 unspecified atom stereocenters. The molecule has 5 rings (SSSR count). The molecule has 46 heavy (non-hydrogen) atoms. The Kier molecular flexibility index (Phi) is 13.8. The van der Waals surface area contributed by atoms with Crippen LogP contribution in [0, 0.1) is 35.5 Å². The third-order valence-electron chi connectivity index (χ3n) is 12.7. The number of hydrogen-bond acceptors (Lipinski definition) is 2. The lowest BCUT2D eigenvalue weighted by Crippen LogP contribution is -2.48. The Labute approximate surface area is 280 Å². The second kappa shape index (κ2) is 18.2. The monoisotopic (exact) mass is 625 g/mol. The van der Waals surface area contributed by atoms with Crippen LogP contribution in [0.1, 0.15) is 133 Å². The molecule has 0 spiro atoms. The third kappa shape index (κ3) is 9.59. The number of nitrogens with two attached hydrogens (primary N) is 1. The lowest BCUT2D eigenvalue weighted by atomic mass is 9.51. The Balaban J connectivity index is 1.33. The number of aryl methyl sites for hydroxylation is 1. The van der Waals surface area contributed by atoms with E-state index >= 15 is 0 Å². The van der Waals surface area contributed by atoms with Crippen molar-refractivity contribution in [1.29, 1.82) is 0 Å². The normalized spacial score (nSPS) is 26.2. The molecule has 3 nitrogen and oxygen atoms in total. The van der Waals surface area contributed by atoms with Crippen molar-refractivity contribution in [3.05, 3.63) is 83.9 Å². The zero-order valence-corrected chi connectivity index (χ0v) is 28.7. The molecule has 5 atom stereocenters. The summed E-state index contributed by atoms with van der Waals surface area (Å²) in [5.74, 6) is 2.48. The van der Waals surface area contributed by atoms with Gasteiger partial charge in [-0.3, -0.25) is 4.79 Å². The molecule has 0 amide bonds. The second-order valence-electron chi connectivity index (χ2n) is 15.4. The summed E-state index contributed by atoms with van der Waals surface area (Å²) in [5, 5.41) is 10.3. The van der Waals surface area contributed by atoms with Crippen molar-refractivity contribution in [2.45, 2.75) is 134 Å². The van der Waals surface area contributed by atoms with E-state index in [0.717, 1.165) is 31.6 Å². The highest BCUT2D eigenvalue weighted by Gasteiger charge is 2.50. The smallest absolute Gasteiger partial charge is 0.303 e. The summed E-state index contributed by atoms with van der Waals surface area (Å²) in [7, 11) is 0. The van der Waals surface area contributed by atoms with E-state index in [0.29, 0.717) is 30.2 Å². The molecule has 0 radical (unpaired) electrons. The van der Waals surface area contributed by atoms with Crippen LogP contribution >= 0.6 is 0 Å². The molecule has 3 heteroatoms. The van der Waals surface area contributed by atoms with Crippen LogP contribution < -0.4 is 5.73 Å². The number of rotatable bonds is 16. The maximum atomic E-state index is 12.6. The van der Waals surface area contributed by atoms with Crippen LogP contribution in [0.5, 0.6) is 0 Å². The lowest BCUT2D eigenvalue weighted by Gasteiger charge is -2.54. The van der Waals surface area contributed by atoms with E-state index in [1.165, 1.54) is 107 Å². The fourth-order valence-electron chi connectivity index (χ4n) is 10.4. The minimum absolute atomic E-state index is 0.102. The molecule has 0 saturated heterocycles. The van der Waals surface area contributed by atoms with Crippen LogP contribution in [0.25, 0.3) is 0 Å². The number of hydrogen-bond donors (Lipinski definition) is 2. The van der Waals surface area contributed by atoms with Crippen molar-refractivity contribution >= 4 is 5.97 Å². The van der Waals surface area contributed by atoms with Crippen molar-refractivity contribution in [3.8, 4) is 0 Å².